The van der Waals surface area contributed by atoms with E-state index in [1.54, 1.807) is 12.4 Å². The van der Waals surface area contributed by atoms with E-state index in [-0.39, 0.29) is 11.7 Å². The Kier molecular flexibility index (Phi) is 6.40. The van der Waals surface area contributed by atoms with Gasteiger partial charge in [0.1, 0.15) is 5.84 Å². The number of fused-ring (bicyclic) bond motifs is 1. The Morgan fingerprint density at radius 3 is 2.71 bits per heavy atom. The third kappa shape index (κ3) is 4.99. The van der Waals surface area contributed by atoms with Gasteiger partial charge in [-0.25, -0.2) is 9.97 Å². The molecule has 2 aromatic heterocycles. The zero-order chi connectivity index (χ0) is 24.2. The fraction of sp³-hybridized carbons (Fsp3) is 0.231. The molecule has 0 saturated carbocycles. The Labute approximate surface area is 202 Å². The van der Waals surface area contributed by atoms with Gasteiger partial charge in [-0.15, -0.1) is 0 Å². The minimum atomic E-state index is -0.125. The predicted octanol–water partition coefficient (Wildman–Crippen LogP) is 2.72. The minimum Gasteiger partial charge on any atom is -0.384 e. The number of ether oxygens (including phenoxy) is 1. The van der Waals surface area contributed by atoms with Gasteiger partial charge in [-0.2, -0.15) is 0 Å². The highest BCUT2D eigenvalue weighted by Crippen LogP contribution is 2.21. The highest BCUT2D eigenvalue weighted by molar-refractivity contribution is 6.07. The second-order valence-electron chi connectivity index (χ2n) is 8.42. The van der Waals surface area contributed by atoms with Crippen molar-refractivity contribution in [2.24, 2.45) is 5.73 Å². The Balaban J connectivity index is 1.20. The van der Waals surface area contributed by atoms with E-state index in [1.165, 1.54) is 0 Å². The summed E-state index contributed by atoms with van der Waals surface area (Å²) >= 11 is 0. The minimum absolute atomic E-state index is 0.0319. The lowest BCUT2D eigenvalue weighted by Crippen LogP contribution is -2.37. The van der Waals surface area contributed by atoms with Crippen LogP contribution in [-0.2, 0) is 11.2 Å². The van der Waals surface area contributed by atoms with Crippen molar-refractivity contribution in [3.05, 3.63) is 77.6 Å². The molecule has 9 nitrogen and oxygen atoms in total. The monoisotopic (exact) mass is 469 g/mol. The summed E-state index contributed by atoms with van der Waals surface area (Å²) in [7, 11) is 0. The number of benzene rings is 2. The van der Waals surface area contributed by atoms with Crippen LogP contribution in [0.3, 0.4) is 0 Å². The molecule has 35 heavy (non-hydrogen) atoms. The maximum Gasteiger partial charge on any atom is 0.251 e. The van der Waals surface area contributed by atoms with Crippen molar-refractivity contribution in [3.8, 4) is 11.3 Å². The van der Waals surface area contributed by atoms with Crippen LogP contribution in [0.2, 0.25) is 0 Å². The maximum absolute atomic E-state index is 12.7. The number of hydrogen-bond acceptors (Lipinski definition) is 6. The molecule has 1 amide bonds. The van der Waals surface area contributed by atoms with E-state index in [9.17, 15) is 4.79 Å². The van der Waals surface area contributed by atoms with Crippen molar-refractivity contribution < 1.29 is 9.53 Å². The number of anilines is 1. The van der Waals surface area contributed by atoms with Crippen molar-refractivity contribution >= 4 is 28.6 Å². The van der Waals surface area contributed by atoms with Crippen LogP contribution in [0.25, 0.3) is 22.2 Å². The molecule has 1 aliphatic rings. The lowest BCUT2D eigenvalue weighted by molar-refractivity contribution is 0.0954. The number of aromatic amines is 1. The summed E-state index contributed by atoms with van der Waals surface area (Å²) < 4.78 is 5.40. The molecule has 0 aliphatic carbocycles. The zero-order valence-corrected chi connectivity index (χ0v) is 19.3. The number of H-pyrrole nitrogens is 1. The van der Waals surface area contributed by atoms with Crippen LogP contribution in [-0.4, -0.2) is 59.5 Å². The van der Waals surface area contributed by atoms with Gasteiger partial charge in [0.2, 0.25) is 5.95 Å². The van der Waals surface area contributed by atoms with Crippen LogP contribution in [0.15, 0.2) is 60.9 Å². The van der Waals surface area contributed by atoms with Crippen LogP contribution in [0.4, 0.5) is 5.95 Å². The average Bonchev–Trinajstić information content (AvgIpc) is 3.33. The fourth-order valence-electron chi connectivity index (χ4n) is 4.19. The number of rotatable bonds is 7. The first kappa shape index (κ1) is 22.5. The topological polar surface area (TPSA) is 133 Å². The molecule has 5 N–H and O–H groups in total. The van der Waals surface area contributed by atoms with Crippen molar-refractivity contribution in [3.63, 3.8) is 0 Å². The van der Waals surface area contributed by atoms with Gasteiger partial charge in [-0.3, -0.25) is 10.2 Å². The lowest BCUT2D eigenvalue weighted by atomic mass is 10.1. The molecular weight excluding hydrogens is 442 g/mol. The number of nitrogens with zero attached hydrogens (tertiary/aromatic N) is 3. The first-order valence-corrected chi connectivity index (χ1v) is 11.6. The van der Waals surface area contributed by atoms with E-state index in [0.717, 1.165) is 40.8 Å². The number of amides is 1. The molecule has 1 aliphatic heterocycles. The molecule has 3 heterocycles. The quantitative estimate of drug-likeness (QED) is 0.243. The smallest absolute Gasteiger partial charge is 0.251 e. The van der Waals surface area contributed by atoms with Gasteiger partial charge in [-0.05, 0) is 42.3 Å². The molecule has 0 radical (unpaired) electrons. The van der Waals surface area contributed by atoms with Crippen molar-refractivity contribution in [2.75, 3.05) is 37.7 Å². The molecule has 1 saturated heterocycles. The van der Waals surface area contributed by atoms with Crippen molar-refractivity contribution in [1.29, 1.82) is 5.41 Å². The highest BCUT2D eigenvalue weighted by atomic mass is 16.5. The number of nitrogen functional groups attached to an aromatic ring is 1. The highest BCUT2D eigenvalue weighted by Gasteiger charge is 2.15. The summed E-state index contributed by atoms with van der Waals surface area (Å²) in [5.41, 5.74) is 10.7. The van der Waals surface area contributed by atoms with E-state index in [2.05, 4.69) is 20.2 Å². The number of amidine groups is 1. The number of carbonyl (C=O) groups is 1. The summed E-state index contributed by atoms with van der Waals surface area (Å²) in [5.74, 6) is 0.602. The maximum atomic E-state index is 12.7. The normalized spacial score (nSPS) is 13.7. The Morgan fingerprint density at radius 2 is 1.94 bits per heavy atom. The molecule has 0 atom stereocenters. The van der Waals surface area contributed by atoms with Gasteiger partial charge >= 0.3 is 0 Å². The van der Waals surface area contributed by atoms with Crippen LogP contribution in [0.5, 0.6) is 0 Å². The van der Waals surface area contributed by atoms with Gasteiger partial charge in [0.05, 0.1) is 18.9 Å². The number of carbonyl (C=O) groups excluding carboxylic acids is 1. The number of aromatic nitrogens is 3. The summed E-state index contributed by atoms with van der Waals surface area (Å²) in [6, 6.07) is 15.3. The SMILES string of the molecule is N=C(N)c1c[nH]c2ccc(CCNC(=O)c3ccc(-c4ccnc(N5CCOCC5)n4)cc3)cc12. The van der Waals surface area contributed by atoms with Gasteiger partial charge in [-0.1, -0.05) is 18.2 Å². The average molecular weight is 470 g/mol. The van der Waals surface area contributed by atoms with Crippen LogP contribution >= 0.6 is 0 Å². The first-order valence-electron chi connectivity index (χ1n) is 11.6. The van der Waals surface area contributed by atoms with Crippen molar-refractivity contribution in [2.45, 2.75) is 6.42 Å². The molecule has 1 fully saturated rings. The summed E-state index contributed by atoms with van der Waals surface area (Å²) in [4.78, 5) is 27.0. The third-order valence-corrected chi connectivity index (χ3v) is 6.12. The molecule has 2 aromatic carbocycles. The van der Waals surface area contributed by atoms with E-state index in [1.807, 2.05) is 48.5 Å². The zero-order valence-electron chi connectivity index (χ0n) is 19.3. The van der Waals surface area contributed by atoms with Gasteiger partial charge in [0.15, 0.2) is 0 Å². The molecule has 5 rings (SSSR count). The summed E-state index contributed by atoms with van der Waals surface area (Å²) in [6.45, 7) is 3.41. The Bertz CT molecular complexity index is 1360. The van der Waals surface area contributed by atoms with Gasteiger partial charge in [0, 0.05) is 59.6 Å². The number of hydrogen-bond donors (Lipinski definition) is 4. The van der Waals surface area contributed by atoms with Crippen LogP contribution in [0, 0.1) is 5.41 Å². The number of nitrogens with two attached hydrogens (primary N) is 1. The van der Waals surface area contributed by atoms with Crippen LogP contribution in [0.1, 0.15) is 21.5 Å². The Hall–Kier alpha value is -4.24. The first-order chi connectivity index (χ1) is 17.1. The molecule has 0 spiro atoms. The predicted molar refractivity (Wildman–Crippen MR) is 136 cm³/mol. The second-order valence-corrected chi connectivity index (χ2v) is 8.42. The molecular formula is C26H27N7O2. The van der Waals surface area contributed by atoms with E-state index < -0.39 is 0 Å². The molecule has 0 unspecified atom stereocenters. The van der Waals surface area contributed by atoms with Gasteiger partial charge in [0.25, 0.3) is 5.91 Å². The lowest BCUT2D eigenvalue weighted by Gasteiger charge is -2.26. The summed E-state index contributed by atoms with van der Waals surface area (Å²) in [6.07, 6.45) is 4.18. The fourth-order valence-corrected chi connectivity index (χ4v) is 4.19. The van der Waals surface area contributed by atoms with E-state index >= 15 is 0 Å². The van der Waals surface area contributed by atoms with Gasteiger partial charge < -0.3 is 25.7 Å². The standard InChI is InChI=1S/C26H27N7O2/c27-24(28)21-16-31-23-6-1-17(15-20(21)23)7-9-29-25(34)19-4-2-18(3-5-19)22-8-10-30-26(32-22)33-11-13-35-14-12-33/h1-6,8,10,15-16,31H,7,9,11-14H2,(H3,27,28)(H,29,34). The summed E-state index contributed by atoms with van der Waals surface area (Å²) in [5, 5.41) is 11.6. The molecule has 4 aromatic rings. The molecule has 9 heteroatoms. The van der Waals surface area contributed by atoms with E-state index in [0.29, 0.717) is 43.3 Å². The number of nitrogens with one attached hydrogen (secondary N) is 3. The van der Waals surface area contributed by atoms with Crippen LogP contribution < -0.4 is 16.0 Å². The third-order valence-electron chi connectivity index (χ3n) is 6.12. The largest absolute Gasteiger partial charge is 0.384 e. The second kappa shape index (κ2) is 9.94. The number of morpholine rings is 1. The Morgan fingerprint density at radius 1 is 1.14 bits per heavy atom. The molecule has 0 bridgehead atoms. The molecule has 178 valence electrons. The van der Waals surface area contributed by atoms with Crippen molar-refractivity contribution in [1.82, 2.24) is 20.3 Å². The van der Waals surface area contributed by atoms with E-state index in [4.69, 9.17) is 20.9 Å².